The molecule has 2 heteroatoms. The van der Waals surface area contributed by atoms with Crippen LogP contribution in [-0.2, 0) is 6.42 Å². The summed E-state index contributed by atoms with van der Waals surface area (Å²) in [7, 11) is 0. The third-order valence-corrected chi connectivity index (χ3v) is 4.42. The van der Waals surface area contributed by atoms with Crippen molar-refractivity contribution < 1.29 is 0 Å². The normalized spacial score (nSPS) is 26.8. The van der Waals surface area contributed by atoms with Crippen molar-refractivity contribution >= 4 is 5.69 Å². The van der Waals surface area contributed by atoms with Crippen molar-refractivity contribution in [3.05, 3.63) is 29.3 Å². The number of hydrogen-bond donors (Lipinski definition) is 1. The van der Waals surface area contributed by atoms with Crippen molar-refractivity contribution in [1.82, 2.24) is 5.32 Å². The van der Waals surface area contributed by atoms with E-state index in [-0.39, 0.29) is 0 Å². The molecule has 0 aliphatic carbocycles. The van der Waals surface area contributed by atoms with E-state index in [2.05, 4.69) is 42.3 Å². The third-order valence-electron chi connectivity index (χ3n) is 4.42. The van der Waals surface area contributed by atoms with Gasteiger partial charge in [-0.1, -0.05) is 25.1 Å². The Morgan fingerprint density at radius 2 is 2.18 bits per heavy atom. The fourth-order valence-corrected chi connectivity index (χ4v) is 3.53. The van der Waals surface area contributed by atoms with Crippen molar-refractivity contribution in [1.29, 1.82) is 0 Å². The van der Waals surface area contributed by atoms with Gasteiger partial charge in [-0.25, -0.2) is 0 Å². The maximum Gasteiger partial charge on any atom is 0.0434 e. The van der Waals surface area contributed by atoms with Gasteiger partial charge >= 0.3 is 0 Å². The molecule has 3 rings (SSSR count). The van der Waals surface area contributed by atoms with Gasteiger partial charge in [-0.3, -0.25) is 0 Å². The van der Waals surface area contributed by atoms with Crippen LogP contribution in [0.3, 0.4) is 0 Å². The van der Waals surface area contributed by atoms with E-state index >= 15 is 0 Å². The highest BCUT2D eigenvalue weighted by Crippen LogP contribution is 2.42. The summed E-state index contributed by atoms with van der Waals surface area (Å²) in [4.78, 5) is 2.59. The summed E-state index contributed by atoms with van der Waals surface area (Å²) in [6.07, 6.45) is 1.14. The lowest BCUT2D eigenvalue weighted by molar-refractivity contribution is 0.485. The summed E-state index contributed by atoms with van der Waals surface area (Å²) in [5.41, 5.74) is 4.66. The first-order valence-corrected chi connectivity index (χ1v) is 6.92. The van der Waals surface area contributed by atoms with Gasteiger partial charge in [-0.15, -0.1) is 0 Å². The number of nitrogens with zero attached hydrogens (tertiary/aromatic N) is 1. The Morgan fingerprint density at radius 3 is 2.94 bits per heavy atom. The van der Waals surface area contributed by atoms with E-state index in [1.807, 2.05) is 0 Å². The largest absolute Gasteiger partial charge is 0.371 e. The van der Waals surface area contributed by atoms with Gasteiger partial charge in [-0.05, 0) is 30.4 Å². The zero-order chi connectivity index (χ0) is 11.8. The van der Waals surface area contributed by atoms with E-state index in [0.29, 0.717) is 0 Å². The molecule has 0 bridgehead atoms. The van der Waals surface area contributed by atoms with Crippen molar-refractivity contribution in [2.24, 2.45) is 5.92 Å². The van der Waals surface area contributed by atoms with Crippen LogP contribution >= 0.6 is 0 Å². The summed E-state index contributed by atoms with van der Waals surface area (Å²) in [6, 6.07) is 6.89. The van der Waals surface area contributed by atoms with Crippen LogP contribution in [0.15, 0.2) is 18.2 Å². The number of rotatable bonds is 2. The number of nitrogens with one attached hydrogen (secondary N) is 1. The molecule has 2 heterocycles. The smallest absolute Gasteiger partial charge is 0.0434 e. The maximum absolute atomic E-state index is 3.56. The minimum absolute atomic E-state index is 0.749. The monoisotopic (exact) mass is 230 g/mol. The molecule has 2 unspecified atom stereocenters. The molecular weight excluding hydrogens is 208 g/mol. The van der Waals surface area contributed by atoms with Crippen molar-refractivity contribution in [2.45, 2.75) is 26.2 Å². The molecule has 92 valence electrons. The Morgan fingerprint density at radius 1 is 1.29 bits per heavy atom. The van der Waals surface area contributed by atoms with Crippen LogP contribution in [0.2, 0.25) is 0 Å². The molecule has 0 radical (unpaired) electrons. The third kappa shape index (κ3) is 1.66. The van der Waals surface area contributed by atoms with Crippen molar-refractivity contribution in [3.8, 4) is 0 Å². The van der Waals surface area contributed by atoms with Crippen LogP contribution in [0, 0.1) is 5.92 Å². The van der Waals surface area contributed by atoms with Gasteiger partial charge in [0.05, 0.1) is 0 Å². The number of hydrogen-bond acceptors (Lipinski definition) is 2. The Bertz CT molecular complexity index is 413. The Labute approximate surface area is 104 Å². The van der Waals surface area contributed by atoms with Crippen LogP contribution in [0.1, 0.15) is 30.9 Å². The number of fused-ring (bicyclic) bond motifs is 3. The summed E-state index contributed by atoms with van der Waals surface area (Å²) in [5.74, 6) is 1.56. The summed E-state index contributed by atoms with van der Waals surface area (Å²) in [6.45, 7) is 9.27. The van der Waals surface area contributed by atoms with E-state index < -0.39 is 0 Å². The van der Waals surface area contributed by atoms with Crippen LogP contribution < -0.4 is 10.2 Å². The van der Waals surface area contributed by atoms with Crippen LogP contribution in [0.4, 0.5) is 5.69 Å². The lowest BCUT2D eigenvalue weighted by Gasteiger charge is -2.38. The summed E-state index contributed by atoms with van der Waals surface area (Å²) < 4.78 is 0. The SMILES string of the molecule is CCc1cccc2c1N(CC)CC1CNCC21. The average Bonchev–Trinajstić information content (AvgIpc) is 2.85. The van der Waals surface area contributed by atoms with Crippen LogP contribution in [-0.4, -0.2) is 26.2 Å². The number of aryl methyl sites for hydroxylation is 1. The van der Waals surface area contributed by atoms with Gasteiger partial charge in [0.2, 0.25) is 0 Å². The first-order chi connectivity index (χ1) is 8.35. The molecule has 2 nitrogen and oxygen atoms in total. The first kappa shape index (κ1) is 11.1. The summed E-state index contributed by atoms with van der Waals surface area (Å²) >= 11 is 0. The van der Waals surface area contributed by atoms with E-state index in [9.17, 15) is 0 Å². The first-order valence-electron chi connectivity index (χ1n) is 6.92. The number of para-hydroxylation sites is 1. The molecule has 0 aromatic heterocycles. The highest BCUT2D eigenvalue weighted by Gasteiger charge is 2.36. The van der Waals surface area contributed by atoms with Crippen molar-refractivity contribution in [3.63, 3.8) is 0 Å². The van der Waals surface area contributed by atoms with E-state index in [1.54, 1.807) is 11.3 Å². The lowest BCUT2D eigenvalue weighted by atomic mass is 9.82. The molecule has 2 aliphatic rings. The zero-order valence-electron chi connectivity index (χ0n) is 10.9. The molecule has 2 atom stereocenters. The molecule has 1 N–H and O–H groups in total. The minimum Gasteiger partial charge on any atom is -0.371 e. The Hall–Kier alpha value is -1.02. The van der Waals surface area contributed by atoms with E-state index in [4.69, 9.17) is 0 Å². The molecule has 1 saturated heterocycles. The standard InChI is InChI=1S/C15H22N2/c1-3-11-6-5-7-13-14-9-16-8-12(14)10-17(4-2)15(11)13/h5-7,12,14,16H,3-4,8-10H2,1-2H3. The van der Waals surface area contributed by atoms with Gasteiger partial charge < -0.3 is 10.2 Å². The quantitative estimate of drug-likeness (QED) is 0.839. The van der Waals surface area contributed by atoms with Crippen molar-refractivity contribution in [2.75, 3.05) is 31.1 Å². The molecular formula is C15H22N2. The van der Waals surface area contributed by atoms with Crippen LogP contribution in [0.5, 0.6) is 0 Å². The maximum atomic E-state index is 3.56. The van der Waals surface area contributed by atoms with Gasteiger partial charge in [0.15, 0.2) is 0 Å². The van der Waals surface area contributed by atoms with Gasteiger partial charge in [0, 0.05) is 37.8 Å². The molecule has 0 spiro atoms. The van der Waals surface area contributed by atoms with Gasteiger partial charge in [-0.2, -0.15) is 0 Å². The highest BCUT2D eigenvalue weighted by molar-refractivity contribution is 5.63. The fourth-order valence-electron chi connectivity index (χ4n) is 3.53. The Kier molecular flexibility index (Phi) is 2.83. The predicted octanol–water partition coefficient (Wildman–Crippen LogP) is 2.39. The second-order valence-electron chi connectivity index (χ2n) is 5.27. The molecule has 1 fully saturated rings. The van der Waals surface area contributed by atoms with Gasteiger partial charge in [0.1, 0.15) is 0 Å². The number of benzene rings is 1. The topological polar surface area (TPSA) is 15.3 Å². The predicted molar refractivity (Wildman–Crippen MR) is 72.8 cm³/mol. The molecule has 0 saturated carbocycles. The van der Waals surface area contributed by atoms with E-state index in [1.165, 1.54) is 25.2 Å². The highest BCUT2D eigenvalue weighted by atomic mass is 15.2. The minimum atomic E-state index is 0.749. The zero-order valence-corrected chi connectivity index (χ0v) is 10.9. The van der Waals surface area contributed by atoms with Gasteiger partial charge in [0.25, 0.3) is 0 Å². The van der Waals surface area contributed by atoms with E-state index in [0.717, 1.165) is 24.8 Å². The molecule has 17 heavy (non-hydrogen) atoms. The molecule has 1 aromatic rings. The lowest BCUT2D eigenvalue weighted by Crippen LogP contribution is -2.38. The molecule has 0 amide bonds. The fraction of sp³-hybridized carbons (Fsp3) is 0.600. The Balaban J connectivity index is 2.11. The molecule has 2 aliphatic heterocycles. The number of anilines is 1. The average molecular weight is 230 g/mol. The summed E-state index contributed by atoms with van der Waals surface area (Å²) in [5, 5.41) is 3.56. The van der Waals surface area contributed by atoms with Crippen LogP contribution in [0.25, 0.3) is 0 Å². The molecule has 1 aromatic carbocycles. The second-order valence-corrected chi connectivity index (χ2v) is 5.27. The second kappa shape index (κ2) is 4.34.